The van der Waals surface area contributed by atoms with Crippen molar-refractivity contribution in [3.63, 3.8) is 0 Å². The van der Waals surface area contributed by atoms with Crippen molar-refractivity contribution in [1.82, 2.24) is 15.3 Å². The molecule has 0 unspecified atom stereocenters. The van der Waals surface area contributed by atoms with Crippen LogP contribution in [0.1, 0.15) is 16.1 Å². The predicted molar refractivity (Wildman–Crippen MR) is 104 cm³/mol. The van der Waals surface area contributed by atoms with E-state index >= 15 is 0 Å². The Balaban J connectivity index is 2.00. The molecule has 6 heteroatoms. The quantitative estimate of drug-likeness (QED) is 0.658. The summed E-state index contributed by atoms with van der Waals surface area (Å²) >= 11 is 0. The maximum Gasteiger partial charge on any atom is 0.270 e. The molecular weight excluding hydrogens is 338 g/mol. The molecule has 0 aliphatic carbocycles. The molecule has 0 saturated carbocycles. The highest BCUT2D eigenvalue weighted by atomic mass is 16.1. The van der Waals surface area contributed by atoms with E-state index in [1.807, 2.05) is 36.4 Å². The van der Waals surface area contributed by atoms with Crippen LogP contribution in [0.4, 0.5) is 11.5 Å². The summed E-state index contributed by atoms with van der Waals surface area (Å²) in [6.07, 6.45) is 1.60. The van der Waals surface area contributed by atoms with Gasteiger partial charge in [-0.3, -0.25) is 4.79 Å². The number of nitrogens with zero attached hydrogens (tertiary/aromatic N) is 3. The number of nitrogens with one attached hydrogen (secondary N) is 2. The Hall–Kier alpha value is -3.98. The number of hydrogen-bond acceptors (Lipinski definition) is 5. The van der Waals surface area contributed by atoms with Crippen molar-refractivity contribution in [2.75, 3.05) is 11.9 Å². The van der Waals surface area contributed by atoms with Crippen molar-refractivity contribution in [2.24, 2.45) is 0 Å². The van der Waals surface area contributed by atoms with Crippen LogP contribution in [0, 0.1) is 11.3 Å². The van der Waals surface area contributed by atoms with E-state index in [0.717, 1.165) is 5.56 Å². The SMILES string of the molecule is C=CCNC(=O)c1cc(Nc2cccc(C#N)c2)nc(-c2ccccc2)n1. The van der Waals surface area contributed by atoms with E-state index in [-0.39, 0.29) is 11.6 Å². The van der Waals surface area contributed by atoms with E-state index in [4.69, 9.17) is 5.26 Å². The van der Waals surface area contributed by atoms with Crippen molar-refractivity contribution in [3.8, 4) is 17.5 Å². The van der Waals surface area contributed by atoms with Gasteiger partial charge in [-0.2, -0.15) is 5.26 Å². The van der Waals surface area contributed by atoms with Gasteiger partial charge in [-0.1, -0.05) is 42.5 Å². The minimum atomic E-state index is -0.316. The number of amides is 1. The van der Waals surface area contributed by atoms with Gasteiger partial charge < -0.3 is 10.6 Å². The van der Waals surface area contributed by atoms with Crippen molar-refractivity contribution >= 4 is 17.4 Å². The van der Waals surface area contributed by atoms with Crippen LogP contribution >= 0.6 is 0 Å². The van der Waals surface area contributed by atoms with Crippen LogP contribution in [-0.2, 0) is 0 Å². The van der Waals surface area contributed by atoms with Crippen molar-refractivity contribution in [2.45, 2.75) is 0 Å². The Kier molecular flexibility index (Phi) is 5.55. The molecule has 1 amide bonds. The highest BCUT2D eigenvalue weighted by Crippen LogP contribution is 2.21. The molecule has 0 radical (unpaired) electrons. The Morgan fingerprint density at radius 1 is 1.11 bits per heavy atom. The summed E-state index contributed by atoms with van der Waals surface area (Å²) in [5.41, 5.74) is 2.26. The molecule has 3 rings (SSSR count). The summed E-state index contributed by atoms with van der Waals surface area (Å²) in [6.45, 7) is 3.94. The smallest absolute Gasteiger partial charge is 0.270 e. The predicted octanol–water partition coefficient (Wildman–Crippen LogP) is 3.67. The molecule has 0 fully saturated rings. The maximum atomic E-state index is 12.4. The van der Waals surface area contributed by atoms with Gasteiger partial charge in [-0.05, 0) is 18.2 Å². The molecule has 2 N–H and O–H groups in total. The number of rotatable bonds is 6. The molecule has 2 aromatic carbocycles. The minimum Gasteiger partial charge on any atom is -0.347 e. The molecule has 1 heterocycles. The van der Waals surface area contributed by atoms with Crippen LogP contribution < -0.4 is 10.6 Å². The van der Waals surface area contributed by atoms with Gasteiger partial charge in [-0.25, -0.2) is 9.97 Å². The molecule has 132 valence electrons. The number of benzene rings is 2. The van der Waals surface area contributed by atoms with Gasteiger partial charge in [0.15, 0.2) is 5.82 Å². The normalized spacial score (nSPS) is 9.89. The zero-order valence-electron chi connectivity index (χ0n) is 14.5. The highest BCUT2D eigenvalue weighted by molar-refractivity contribution is 5.93. The van der Waals surface area contributed by atoms with Gasteiger partial charge in [-0.15, -0.1) is 6.58 Å². The number of anilines is 2. The van der Waals surface area contributed by atoms with E-state index in [0.29, 0.717) is 29.4 Å². The van der Waals surface area contributed by atoms with Gasteiger partial charge in [0.25, 0.3) is 5.91 Å². The van der Waals surface area contributed by atoms with Crippen LogP contribution in [0.15, 0.2) is 73.3 Å². The van der Waals surface area contributed by atoms with E-state index in [9.17, 15) is 4.79 Å². The molecule has 0 bridgehead atoms. The highest BCUT2D eigenvalue weighted by Gasteiger charge is 2.13. The monoisotopic (exact) mass is 355 g/mol. The molecule has 3 aromatic rings. The maximum absolute atomic E-state index is 12.4. The summed E-state index contributed by atoms with van der Waals surface area (Å²) in [7, 11) is 0. The van der Waals surface area contributed by atoms with Gasteiger partial charge in [0.2, 0.25) is 0 Å². The zero-order valence-corrected chi connectivity index (χ0v) is 14.5. The van der Waals surface area contributed by atoms with Gasteiger partial charge in [0, 0.05) is 23.9 Å². The second-order valence-electron chi connectivity index (χ2n) is 5.64. The first kappa shape index (κ1) is 17.8. The molecule has 6 nitrogen and oxygen atoms in total. The minimum absolute atomic E-state index is 0.240. The average molecular weight is 355 g/mol. The van der Waals surface area contributed by atoms with Gasteiger partial charge in [0.05, 0.1) is 11.6 Å². The fourth-order valence-corrected chi connectivity index (χ4v) is 2.41. The van der Waals surface area contributed by atoms with Crippen molar-refractivity contribution in [1.29, 1.82) is 5.26 Å². The molecule has 27 heavy (non-hydrogen) atoms. The van der Waals surface area contributed by atoms with E-state index < -0.39 is 0 Å². The third kappa shape index (κ3) is 4.55. The fraction of sp³-hybridized carbons (Fsp3) is 0.0476. The summed E-state index contributed by atoms with van der Waals surface area (Å²) < 4.78 is 0. The third-order valence-corrected chi connectivity index (χ3v) is 3.66. The molecular formula is C21H17N5O. The Morgan fingerprint density at radius 2 is 1.93 bits per heavy atom. The Morgan fingerprint density at radius 3 is 2.67 bits per heavy atom. The topological polar surface area (TPSA) is 90.7 Å². The van der Waals surface area contributed by atoms with Gasteiger partial charge >= 0.3 is 0 Å². The standard InChI is InChI=1S/C21H17N5O/c1-2-11-23-21(27)18-13-19(24-17-10-6-7-15(12-17)14-22)26-20(25-18)16-8-4-3-5-9-16/h2-10,12-13H,1,11H2,(H,23,27)(H,24,25,26). The van der Waals surface area contributed by atoms with E-state index in [1.165, 1.54) is 0 Å². The fourth-order valence-electron chi connectivity index (χ4n) is 2.41. The molecule has 0 aliphatic heterocycles. The second-order valence-corrected chi connectivity index (χ2v) is 5.64. The number of hydrogen-bond donors (Lipinski definition) is 2. The Bertz CT molecular complexity index is 1010. The van der Waals surface area contributed by atoms with E-state index in [1.54, 1.807) is 30.3 Å². The summed E-state index contributed by atoms with van der Waals surface area (Å²) in [5.74, 6) is 0.576. The summed E-state index contributed by atoms with van der Waals surface area (Å²) in [4.78, 5) is 21.3. The van der Waals surface area contributed by atoms with Crippen LogP contribution in [0.5, 0.6) is 0 Å². The second kappa shape index (κ2) is 8.41. The number of aromatic nitrogens is 2. The molecule has 0 spiro atoms. The first-order chi connectivity index (χ1) is 13.2. The van der Waals surface area contributed by atoms with E-state index in [2.05, 4.69) is 33.2 Å². The molecule has 0 saturated heterocycles. The lowest BCUT2D eigenvalue weighted by molar-refractivity contribution is 0.0953. The molecule has 0 aliphatic rings. The molecule has 0 atom stereocenters. The van der Waals surface area contributed by atoms with Gasteiger partial charge in [0.1, 0.15) is 11.5 Å². The number of nitriles is 1. The third-order valence-electron chi connectivity index (χ3n) is 3.66. The first-order valence-corrected chi connectivity index (χ1v) is 8.30. The average Bonchev–Trinajstić information content (AvgIpc) is 2.72. The van der Waals surface area contributed by atoms with Crippen molar-refractivity contribution < 1.29 is 4.79 Å². The van der Waals surface area contributed by atoms with Crippen molar-refractivity contribution in [3.05, 3.63) is 84.6 Å². The lowest BCUT2D eigenvalue weighted by Crippen LogP contribution is -2.24. The lowest BCUT2D eigenvalue weighted by Gasteiger charge is -2.10. The van der Waals surface area contributed by atoms with Crippen LogP contribution in [0.25, 0.3) is 11.4 Å². The summed E-state index contributed by atoms with van der Waals surface area (Å²) in [5, 5.41) is 14.9. The Labute approximate surface area is 157 Å². The zero-order chi connectivity index (χ0) is 19.1. The van der Waals surface area contributed by atoms with Crippen LogP contribution in [-0.4, -0.2) is 22.4 Å². The number of carbonyl (C=O) groups excluding carboxylic acids is 1. The largest absolute Gasteiger partial charge is 0.347 e. The summed E-state index contributed by atoms with van der Waals surface area (Å²) in [6, 6.07) is 20.1. The van der Waals surface area contributed by atoms with Crippen LogP contribution in [0.3, 0.4) is 0 Å². The lowest BCUT2D eigenvalue weighted by atomic mass is 10.2. The number of carbonyl (C=O) groups is 1. The molecule has 1 aromatic heterocycles. The van der Waals surface area contributed by atoms with Crippen LogP contribution in [0.2, 0.25) is 0 Å². The first-order valence-electron chi connectivity index (χ1n) is 8.30.